The van der Waals surface area contributed by atoms with Crippen molar-refractivity contribution in [1.82, 2.24) is 19.7 Å². The van der Waals surface area contributed by atoms with Gasteiger partial charge in [-0.1, -0.05) is 18.2 Å². The zero-order valence-corrected chi connectivity index (χ0v) is 14.5. The largest absolute Gasteiger partial charge is 0.268 e. The molecule has 1 aliphatic rings. The van der Waals surface area contributed by atoms with Crippen LogP contribution in [-0.4, -0.2) is 19.7 Å². The van der Waals surface area contributed by atoms with Gasteiger partial charge in [0.15, 0.2) is 5.82 Å². The highest BCUT2D eigenvalue weighted by molar-refractivity contribution is 9.10. The highest BCUT2D eigenvalue weighted by Gasteiger charge is 2.25. The van der Waals surface area contributed by atoms with Crippen molar-refractivity contribution in [3.63, 3.8) is 0 Å². The minimum Gasteiger partial charge on any atom is -0.268 e. The molecule has 6 heteroatoms. The lowest BCUT2D eigenvalue weighted by molar-refractivity contribution is 0.619. The molecule has 1 saturated carbocycles. The van der Waals surface area contributed by atoms with Gasteiger partial charge in [-0.15, -0.1) is 0 Å². The smallest absolute Gasteiger partial charge is 0.267 e. The second kappa shape index (κ2) is 6.28. The van der Waals surface area contributed by atoms with Gasteiger partial charge in [-0.2, -0.15) is 5.10 Å². The normalized spacial score (nSPS) is 13.9. The summed E-state index contributed by atoms with van der Waals surface area (Å²) in [5, 5.41) is 4.51. The van der Waals surface area contributed by atoms with E-state index >= 15 is 0 Å². The number of halogens is 1. The van der Waals surface area contributed by atoms with Crippen molar-refractivity contribution in [3.05, 3.63) is 74.9 Å². The SMILES string of the molecule is O=c1ccc(C2CC2)nn1Cc1cccc(-c2ncc(Br)cn2)c1. The molecular formula is C18H15BrN4O. The Morgan fingerprint density at radius 2 is 1.92 bits per heavy atom. The topological polar surface area (TPSA) is 60.7 Å². The Kier molecular flexibility index (Phi) is 3.98. The zero-order valence-electron chi connectivity index (χ0n) is 12.9. The van der Waals surface area contributed by atoms with Crippen LogP contribution < -0.4 is 5.56 Å². The molecule has 1 aromatic carbocycles. The van der Waals surface area contributed by atoms with Crippen LogP contribution in [0.4, 0.5) is 0 Å². The van der Waals surface area contributed by atoms with Crippen molar-refractivity contribution in [2.75, 3.05) is 0 Å². The molecule has 0 aliphatic heterocycles. The molecule has 24 heavy (non-hydrogen) atoms. The number of benzene rings is 1. The van der Waals surface area contributed by atoms with E-state index in [1.165, 1.54) is 17.5 Å². The molecule has 120 valence electrons. The van der Waals surface area contributed by atoms with Crippen molar-refractivity contribution >= 4 is 15.9 Å². The minimum absolute atomic E-state index is 0.0790. The van der Waals surface area contributed by atoms with Crippen LogP contribution in [0.15, 0.2) is 58.1 Å². The molecule has 0 radical (unpaired) electrons. The number of hydrogen-bond acceptors (Lipinski definition) is 4. The van der Waals surface area contributed by atoms with E-state index in [2.05, 4.69) is 31.0 Å². The molecule has 4 rings (SSSR count). The molecule has 3 aromatic rings. The van der Waals surface area contributed by atoms with Crippen LogP contribution >= 0.6 is 15.9 Å². The van der Waals surface area contributed by atoms with E-state index in [1.54, 1.807) is 18.5 Å². The van der Waals surface area contributed by atoms with Gasteiger partial charge in [0.05, 0.1) is 16.7 Å². The van der Waals surface area contributed by atoms with Gasteiger partial charge < -0.3 is 0 Å². The van der Waals surface area contributed by atoms with Crippen LogP contribution in [0.1, 0.15) is 30.0 Å². The fourth-order valence-electron chi connectivity index (χ4n) is 2.62. The lowest BCUT2D eigenvalue weighted by Gasteiger charge is -2.08. The molecule has 0 saturated heterocycles. The molecule has 0 bridgehead atoms. The van der Waals surface area contributed by atoms with Gasteiger partial charge in [0.1, 0.15) is 0 Å². The van der Waals surface area contributed by atoms with Crippen molar-refractivity contribution in [2.45, 2.75) is 25.3 Å². The second-order valence-electron chi connectivity index (χ2n) is 5.95. The van der Waals surface area contributed by atoms with Gasteiger partial charge in [0.25, 0.3) is 5.56 Å². The number of aromatic nitrogens is 4. The van der Waals surface area contributed by atoms with Gasteiger partial charge >= 0.3 is 0 Å². The summed E-state index contributed by atoms with van der Waals surface area (Å²) >= 11 is 3.34. The Hall–Kier alpha value is -2.34. The molecule has 0 spiro atoms. The van der Waals surface area contributed by atoms with Crippen molar-refractivity contribution < 1.29 is 0 Å². The van der Waals surface area contributed by atoms with Gasteiger partial charge in [-0.3, -0.25) is 4.79 Å². The monoisotopic (exact) mass is 382 g/mol. The van der Waals surface area contributed by atoms with Gasteiger partial charge in [0.2, 0.25) is 0 Å². The average Bonchev–Trinajstić information content (AvgIpc) is 3.43. The summed E-state index contributed by atoms with van der Waals surface area (Å²) in [5.74, 6) is 1.19. The van der Waals surface area contributed by atoms with E-state index in [4.69, 9.17) is 0 Å². The maximum Gasteiger partial charge on any atom is 0.267 e. The summed E-state index contributed by atoms with van der Waals surface area (Å²) in [6.07, 6.45) is 5.78. The zero-order chi connectivity index (χ0) is 16.5. The fraction of sp³-hybridized carbons (Fsp3) is 0.222. The maximum absolute atomic E-state index is 12.1. The lowest BCUT2D eigenvalue weighted by Crippen LogP contribution is -2.23. The minimum atomic E-state index is -0.0790. The third-order valence-corrected chi connectivity index (χ3v) is 4.43. The Balaban J connectivity index is 1.63. The van der Waals surface area contributed by atoms with Crippen molar-refractivity contribution in [3.8, 4) is 11.4 Å². The molecule has 1 aliphatic carbocycles. The lowest BCUT2D eigenvalue weighted by atomic mass is 10.1. The molecule has 0 unspecified atom stereocenters. The molecule has 2 aromatic heterocycles. The molecule has 0 amide bonds. The van der Waals surface area contributed by atoms with E-state index in [9.17, 15) is 4.79 Å². The van der Waals surface area contributed by atoms with Crippen LogP contribution in [0.5, 0.6) is 0 Å². The summed E-state index contributed by atoms with van der Waals surface area (Å²) in [7, 11) is 0. The quantitative estimate of drug-likeness (QED) is 0.693. The third kappa shape index (κ3) is 3.28. The molecular weight excluding hydrogens is 368 g/mol. The number of nitrogens with zero attached hydrogens (tertiary/aromatic N) is 4. The second-order valence-corrected chi connectivity index (χ2v) is 6.87. The molecule has 0 atom stereocenters. The highest BCUT2D eigenvalue weighted by atomic mass is 79.9. The van der Waals surface area contributed by atoms with Crippen molar-refractivity contribution in [1.29, 1.82) is 0 Å². The summed E-state index contributed by atoms with van der Waals surface area (Å²) < 4.78 is 2.38. The number of hydrogen-bond donors (Lipinski definition) is 0. The average molecular weight is 383 g/mol. The van der Waals surface area contributed by atoms with Crippen molar-refractivity contribution in [2.24, 2.45) is 0 Å². The molecule has 5 nitrogen and oxygen atoms in total. The van der Waals surface area contributed by atoms with Gasteiger partial charge in [-0.25, -0.2) is 14.6 Å². The first-order valence-corrected chi connectivity index (χ1v) is 8.63. The van der Waals surface area contributed by atoms with Crippen LogP contribution in [0.3, 0.4) is 0 Å². The van der Waals surface area contributed by atoms with Crippen LogP contribution in [0.25, 0.3) is 11.4 Å². The Morgan fingerprint density at radius 3 is 2.67 bits per heavy atom. The summed E-state index contributed by atoms with van der Waals surface area (Å²) in [6.45, 7) is 0.448. The maximum atomic E-state index is 12.1. The predicted octanol–water partition coefficient (Wildman–Crippen LogP) is 3.39. The first-order valence-electron chi connectivity index (χ1n) is 7.84. The Labute approximate surface area is 147 Å². The van der Waals surface area contributed by atoms with E-state index in [0.717, 1.165) is 21.3 Å². The predicted molar refractivity (Wildman–Crippen MR) is 94.7 cm³/mol. The van der Waals surface area contributed by atoms with E-state index in [0.29, 0.717) is 18.3 Å². The molecule has 2 heterocycles. The van der Waals surface area contributed by atoms with E-state index in [1.807, 2.05) is 30.3 Å². The number of rotatable bonds is 4. The standard InChI is InChI=1S/C18H15BrN4O/c19-15-9-20-18(21-10-15)14-3-1-2-12(8-14)11-23-17(24)7-6-16(22-23)13-4-5-13/h1-3,6-10,13H,4-5,11H2. The van der Waals surface area contributed by atoms with Crippen LogP contribution in [-0.2, 0) is 6.54 Å². The summed E-state index contributed by atoms with van der Waals surface area (Å²) in [4.78, 5) is 20.7. The van der Waals surface area contributed by atoms with Gasteiger partial charge in [-0.05, 0) is 46.5 Å². The first-order chi connectivity index (χ1) is 11.7. The van der Waals surface area contributed by atoms with E-state index in [-0.39, 0.29) is 5.56 Å². The highest BCUT2D eigenvalue weighted by Crippen LogP contribution is 2.38. The fourth-order valence-corrected chi connectivity index (χ4v) is 2.82. The van der Waals surface area contributed by atoms with E-state index < -0.39 is 0 Å². The summed E-state index contributed by atoms with van der Waals surface area (Å²) in [6, 6.07) is 11.4. The molecule has 0 N–H and O–H groups in total. The van der Waals surface area contributed by atoms with Crippen LogP contribution in [0.2, 0.25) is 0 Å². The van der Waals surface area contributed by atoms with Gasteiger partial charge in [0, 0.05) is 29.9 Å². The Morgan fingerprint density at radius 1 is 1.12 bits per heavy atom. The third-order valence-electron chi connectivity index (χ3n) is 4.02. The summed E-state index contributed by atoms with van der Waals surface area (Å²) in [5.41, 5.74) is 2.86. The van der Waals surface area contributed by atoms with Crippen LogP contribution in [0, 0.1) is 0 Å². The Bertz CT molecular complexity index is 932. The molecule has 1 fully saturated rings. The first kappa shape index (κ1) is 15.2.